The lowest BCUT2D eigenvalue weighted by molar-refractivity contribution is -0.138. The summed E-state index contributed by atoms with van der Waals surface area (Å²) in [7, 11) is 0. The van der Waals surface area contributed by atoms with Gasteiger partial charge >= 0.3 is 5.97 Å². The summed E-state index contributed by atoms with van der Waals surface area (Å²) in [5, 5.41) is 11.7. The van der Waals surface area contributed by atoms with Crippen molar-refractivity contribution in [2.24, 2.45) is 17.6 Å². The third-order valence-electron chi connectivity index (χ3n) is 3.90. The molecule has 1 fully saturated rings. The normalized spacial score (nSPS) is 28.7. The van der Waals surface area contributed by atoms with Crippen molar-refractivity contribution in [1.82, 2.24) is 5.32 Å². The van der Waals surface area contributed by atoms with Crippen molar-refractivity contribution in [2.75, 3.05) is 11.5 Å². The summed E-state index contributed by atoms with van der Waals surface area (Å²) >= 11 is 1.27. The Balaban J connectivity index is 2.25. The monoisotopic (exact) mass is 288 g/mol. The molecule has 1 aliphatic rings. The highest BCUT2D eigenvalue weighted by molar-refractivity contribution is 8.00. The van der Waals surface area contributed by atoms with E-state index in [1.807, 2.05) is 0 Å². The van der Waals surface area contributed by atoms with Crippen LogP contribution in [0.25, 0.3) is 0 Å². The van der Waals surface area contributed by atoms with Gasteiger partial charge in [0.25, 0.3) is 0 Å². The van der Waals surface area contributed by atoms with E-state index in [1.165, 1.54) is 18.2 Å². The van der Waals surface area contributed by atoms with Gasteiger partial charge in [0.1, 0.15) is 6.04 Å². The molecule has 6 heteroatoms. The van der Waals surface area contributed by atoms with Gasteiger partial charge in [-0.15, -0.1) is 11.8 Å². The molecule has 0 bridgehead atoms. The number of nitrogens with two attached hydrogens (primary N) is 1. The number of aliphatic carboxylic acids is 1. The maximum Gasteiger partial charge on any atom is 0.321 e. The van der Waals surface area contributed by atoms with Crippen molar-refractivity contribution >= 4 is 23.6 Å². The molecule has 0 aromatic heterocycles. The summed E-state index contributed by atoms with van der Waals surface area (Å²) in [6.45, 7) is 4.41. The number of amides is 1. The van der Waals surface area contributed by atoms with E-state index in [0.717, 1.165) is 12.8 Å². The van der Waals surface area contributed by atoms with E-state index in [2.05, 4.69) is 19.2 Å². The van der Waals surface area contributed by atoms with Gasteiger partial charge in [0.15, 0.2) is 0 Å². The molecule has 0 aliphatic heterocycles. The first-order valence-electron chi connectivity index (χ1n) is 6.77. The van der Waals surface area contributed by atoms with E-state index >= 15 is 0 Å². The molecule has 0 heterocycles. The smallest absolute Gasteiger partial charge is 0.321 e. The predicted octanol–water partition coefficient (Wildman–Crippen LogP) is 1.07. The van der Waals surface area contributed by atoms with Crippen molar-refractivity contribution in [3.8, 4) is 0 Å². The molecule has 1 amide bonds. The zero-order valence-electron chi connectivity index (χ0n) is 11.6. The van der Waals surface area contributed by atoms with Crippen LogP contribution in [-0.2, 0) is 9.59 Å². The van der Waals surface area contributed by atoms with Crippen LogP contribution in [0.3, 0.4) is 0 Å². The number of nitrogens with one attached hydrogen (secondary N) is 1. The second-order valence-corrected chi connectivity index (χ2v) is 6.43. The van der Waals surface area contributed by atoms with Crippen LogP contribution in [-0.4, -0.2) is 40.6 Å². The van der Waals surface area contributed by atoms with E-state index in [4.69, 9.17) is 10.8 Å². The molecular formula is C13H24N2O3S. The summed E-state index contributed by atoms with van der Waals surface area (Å²) in [6.07, 6.45) is 3.43. The molecule has 1 saturated carbocycles. The van der Waals surface area contributed by atoms with Gasteiger partial charge in [-0.2, -0.15) is 0 Å². The fraction of sp³-hybridized carbons (Fsp3) is 0.846. The number of hydrogen-bond donors (Lipinski definition) is 3. The fourth-order valence-electron chi connectivity index (χ4n) is 2.38. The Bertz CT molecular complexity index is 325. The van der Waals surface area contributed by atoms with Crippen LogP contribution in [0, 0.1) is 11.8 Å². The van der Waals surface area contributed by atoms with Crippen LogP contribution in [0.1, 0.15) is 33.1 Å². The maximum absolute atomic E-state index is 11.8. The first kappa shape index (κ1) is 16.3. The highest BCUT2D eigenvalue weighted by Crippen LogP contribution is 2.29. The molecule has 0 radical (unpaired) electrons. The third kappa shape index (κ3) is 5.40. The van der Waals surface area contributed by atoms with Gasteiger partial charge in [0, 0.05) is 11.8 Å². The molecule has 0 spiro atoms. The zero-order chi connectivity index (χ0) is 14.4. The predicted molar refractivity (Wildman–Crippen MR) is 77.0 cm³/mol. The van der Waals surface area contributed by atoms with Gasteiger partial charge in [0.2, 0.25) is 5.91 Å². The van der Waals surface area contributed by atoms with Crippen molar-refractivity contribution in [2.45, 2.75) is 45.2 Å². The molecule has 4 N–H and O–H groups in total. The molecule has 3 unspecified atom stereocenters. The number of carbonyl (C=O) groups is 2. The molecular weight excluding hydrogens is 264 g/mol. The molecule has 1 rings (SSSR count). The summed E-state index contributed by atoms with van der Waals surface area (Å²) in [6, 6.07) is -0.642. The SMILES string of the molecule is CC1CCCC(NC(=O)CSC[C@@H](N)C(=O)O)C1C. The van der Waals surface area contributed by atoms with Gasteiger partial charge in [-0.05, 0) is 18.3 Å². The number of hydrogen-bond acceptors (Lipinski definition) is 4. The van der Waals surface area contributed by atoms with Gasteiger partial charge in [-0.3, -0.25) is 9.59 Å². The van der Waals surface area contributed by atoms with E-state index in [-0.39, 0.29) is 23.5 Å². The average Bonchev–Trinajstić information content (AvgIpc) is 2.34. The quantitative estimate of drug-likeness (QED) is 0.680. The van der Waals surface area contributed by atoms with Gasteiger partial charge in [-0.1, -0.05) is 26.7 Å². The largest absolute Gasteiger partial charge is 0.480 e. The van der Waals surface area contributed by atoms with Gasteiger partial charge < -0.3 is 16.2 Å². The van der Waals surface area contributed by atoms with Crippen LogP contribution < -0.4 is 11.1 Å². The van der Waals surface area contributed by atoms with Crippen molar-refractivity contribution in [3.05, 3.63) is 0 Å². The lowest BCUT2D eigenvalue weighted by atomic mass is 9.78. The standard InChI is InChI=1S/C13H24N2O3S/c1-8-4-3-5-11(9(8)2)15-12(16)7-19-6-10(14)13(17)18/h8-11H,3-7,14H2,1-2H3,(H,15,16)(H,17,18)/t8?,9?,10-,11?/m1/s1. The molecule has 5 nitrogen and oxygen atoms in total. The second-order valence-electron chi connectivity index (χ2n) is 5.40. The Labute approximate surface area is 118 Å². The van der Waals surface area contributed by atoms with Crippen LogP contribution in [0.4, 0.5) is 0 Å². The molecule has 0 saturated heterocycles. The number of carbonyl (C=O) groups excluding carboxylic acids is 1. The lowest BCUT2D eigenvalue weighted by Crippen LogP contribution is -2.44. The Morgan fingerprint density at radius 1 is 1.42 bits per heavy atom. The minimum absolute atomic E-state index is 0.0199. The third-order valence-corrected chi connectivity index (χ3v) is 4.96. The zero-order valence-corrected chi connectivity index (χ0v) is 12.4. The van der Waals surface area contributed by atoms with Crippen molar-refractivity contribution in [1.29, 1.82) is 0 Å². The minimum Gasteiger partial charge on any atom is -0.480 e. The Morgan fingerprint density at radius 2 is 2.11 bits per heavy atom. The second kappa shape index (κ2) is 7.75. The maximum atomic E-state index is 11.8. The average molecular weight is 288 g/mol. The fourth-order valence-corrected chi connectivity index (χ4v) is 3.17. The number of thioether (sulfide) groups is 1. The molecule has 1 aliphatic carbocycles. The van der Waals surface area contributed by atoms with Gasteiger partial charge in [0.05, 0.1) is 5.75 Å². The van der Waals surface area contributed by atoms with Crippen LogP contribution in [0.5, 0.6) is 0 Å². The first-order valence-corrected chi connectivity index (χ1v) is 7.92. The van der Waals surface area contributed by atoms with Crippen molar-refractivity contribution in [3.63, 3.8) is 0 Å². The molecule has 19 heavy (non-hydrogen) atoms. The van der Waals surface area contributed by atoms with Crippen LogP contribution >= 0.6 is 11.8 Å². The number of carboxylic acid groups (broad SMARTS) is 1. The van der Waals surface area contributed by atoms with E-state index < -0.39 is 12.0 Å². The number of rotatable bonds is 6. The van der Waals surface area contributed by atoms with E-state index in [1.54, 1.807) is 0 Å². The number of carboxylic acids is 1. The molecule has 110 valence electrons. The summed E-state index contributed by atoms with van der Waals surface area (Å²) in [4.78, 5) is 22.3. The topological polar surface area (TPSA) is 92.4 Å². The summed E-state index contributed by atoms with van der Waals surface area (Å²) < 4.78 is 0. The Hall–Kier alpha value is -0.750. The van der Waals surface area contributed by atoms with Crippen LogP contribution in [0.15, 0.2) is 0 Å². The van der Waals surface area contributed by atoms with E-state index in [9.17, 15) is 9.59 Å². The minimum atomic E-state index is -1.03. The summed E-state index contributed by atoms with van der Waals surface area (Å²) in [5.41, 5.74) is 5.38. The Kier molecular flexibility index (Phi) is 6.65. The summed E-state index contributed by atoms with van der Waals surface area (Å²) in [5.74, 6) is 0.644. The molecule has 4 atom stereocenters. The molecule has 0 aromatic carbocycles. The van der Waals surface area contributed by atoms with Crippen LogP contribution in [0.2, 0.25) is 0 Å². The first-order chi connectivity index (χ1) is 8.91. The highest BCUT2D eigenvalue weighted by atomic mass is 32.2. The van der Waals surface area contributed by atoms with Crippen molar-refractivity contribution < 1.29 is 14.7 Å². The molecule has 0 aromatic rings. The van der Waals surface area contributed by atoms with Gasteiger partial charge in [-0.25, -0.2) is 0 Å². The Morgan fingerprint density at radius 3 is 2.74 bits per heavy atom. The van der Waals surface area contributed by atoms with E-state index in [0.29, 0.717) is 11.8 Å². The lowest BCUT2D eigenvalue weighted by Gasteiger charge is -2.34. The highest BCUT2D eigenvalue weighted by Gasteiger charge is 2.28.